The standard InChI is InChI=1S/C10H16O2/c1-6-3-4-8-7(2)10(11)12-9(8)5-6/h6-9H,3-5H2,1-2H3/t6-,7?,8?,9?/m1/s1. The molecule has 0 amide bonds. The maximum atomic E-state index is 11.2. The van der Waals surface area contributed by atoms with E-state index < -0.39 is 0 Å². The minimum atomic E-state index is 0.0269. The zero-order valence-electron chi connectivity index (χ0n) is 7.75. The number of carbonyl (C=O) groups is 1. The SMILES string of the molecule is CC1C(=O)OC2C[C@H](C)CCC21. The van der Waals surface area contributed by atoms with Gasteiger partial charge in [0.05, 0.1) is 5.92 Å². The number of ether oxygens (including phenoxy) is 1. The van der Waals surface area contributed by atoms with Gasteiger partial charge in [-0.2, -0.15) is 0 Å². The van der Waals surface area contributed by atoms with E-state index in [0.29, 0.717) is 5.92 Å². The number of rotatable bonds is 0. The predicted molar refractivity (Wildman–Crippen MR) is 45.5 cm³/mol. The molecule has 0 aromatic heterocycles. The van der Waals surface area contributed by atoms with Crippen LogP contribution < -0.4 is 0 Å². The highest BCUT2D eigenvalue weighted by molar-refractivity contribution is 5.74. The highest BCUT2D eigenvalue weighted by atomic mass is 16.6. The van der Waals surface area contributed by atoms with E-state index in [4.69, 9.17) is 4.74 Å². The molecule has 2 nitrogen and oxygen atoms in total. The van der Waals surface area contributed by atoms with Crippen molar-refractivity contribution in [3.05, 3.63) is 0 Å². The Hall–Kier alpha value is -0.530. The molecule has 0 radical (unpaired) electrons. The van der Waals surface area contributed by atoms with Gasteiger partial charge in [0.1, 0.15) is 6.10 Å². The van der Waals surface area contributed by atoms with E-state index in [2.05, 4.69) is 6.92 Å². The van der Waals surface area contributed by atoms with Gasteiger partial charge in [-0.1, -0.05) is 20.3 Å². The third-order valence-corrected chi connectivity index (χ3v) is 3.39. The highest BCUT2D eigenvalue weighted by Gasteiger charge is 2.43. The van der Waals surface area contributed by atoms with Crippen molar-refractivity contribution >= 4 is 5.97 Å². The molecule has 12 heavy (non-hydrogen) atoms. The lowest BCUT2D eigenvalue weighted by Gasteiger charge is -2.28. The van der Waals surface area contributed by atoms with Crippen LogP contribution >= 0.6 is 0 Å². The van der Waals surface area contributed by atoms with Crippen molar-refractivity contribution in [2.75, 3.05) is 0 Å². The summed E-state index contributed by atoms with van der Waals surface area (Å²) in [5, 5.41) is 0. The average Bonchev–Trinajstić information content (AvgIpc) is 2.28. The second kappa shape index (κ2) is 2.75. The van der Waals surface area contributed by atoms with Crippen molar-refractivity contribution in [2.45, 2.75) is 39.2 Å². The number of hydrogen-bond acceptors (Lipinski definition) is 2. The second-order valence-electron chi connectivity index (χ2n) is 4.35. The molecular formula is C10H16O2. The molecule has 1 aliphatic heterocycles. The third kappa shape index (κ3) is 1.13. The largest absolute Gasteiger partial charge is 0.462 e. The van der Waals surface area contributed by atoms with Crippen LogP contribution in [0.5, 0.6) is 0 Å². The number of esters is 1. The quantitative estimate of drug-likeness (QED) is 0.517. The van der Waals surface area contributed by atoms with E-state index in [1.807, 2.05) is 6.92 Å². The first kappa shape index (κ1) is 8.09. The summed E-state index contributed by atoms with van der Waals surface area (Å²) >= 11 is 0. The molecule has 4 atom stereocenters. The van der Waals surface area contributed by atoms with E-state index in [-0.39, 0.29) is 18.0 Å². The summed E-state index contributed by atoms with van der Waals surface area (Å²) in [6.07, 6.45) is 3.78. The van der Waals surface area contributed by atoms with E-state index >= 15 is 0 Å². The van der Waals surface area contributed by atoms with Gasteiger partial charge in [0.25, 0.3) is 0 Å². The van der Waals surface area contributed by atoms with Crippen LogP contribution in [0.15, 0.2) is 0 Å². The molecule has 1 aliphatic carbocycles. The summed E-state index contributed by atoms with van der Waals surface area (Å²) < 4.78 is 5.31. The van der Waals surface area contributed by atoms with Gasteiger partial charge in [0.15, 0.2) is 0 Å². The molecule has 2 rings (SSSR count). The van der Waals surface area contributed by atoms with E-state index in [1.165, 1.54) is 12.8 Å². The first-order chi connectivity index (χ1) is 5.68. The summed E-state index contributed by atoms with van der Waals surface area (Å²) in [7, 11) is 0. The normalized spacial score (nSPS) is 47.0. The lowest BCUT2D eigenvalue weighted by atomic mass is 9.77. The molecule has 1 heterocycles. The van der Waals surface area contributed by atoms with Crippen molar-refractivity contribution in [1.82, 2.24) is 0 Å². The lowest BCUT2D eigenvalue weighted by molar-refractivity contribution is -0.144. The molecule has 68 valence electrons. The number of carbonyl (C=O) groups excluding carboxylic acids is 1. The van der Waals surface area contributed by atoms with Gasteiger partial charge < -0.3 is 4.74 Å². The first-order valence-electron chi connectivity index (χ1n) is 4.89. The molecule has 0 spiro atoms. The third-order valence-electron chi connectivity index (χ3n) is 3.39. The molecular weight excluding hydrogens is 152 g/mol. The van der Waals surface area contributed by atoms with Crippen LogP contribution in [0, 0.1) is 17.8 Å². The summed E-state index contributed by atoms with van der Waals surface area (Å²) in [5.41, 5.74) is 0. The topological polar surface area (TPSA) is 26.3 Å². The van der Waals surface area contributed by atoms with Gasteiger partial charge in [-0.3, -0.25) is 4.79 Å². The van der Waals surface area contributed by atoms with Gasteiger partial charge >= 0.3 is 5.97 Å². The van der Waals surface area contributed by atoms with Crippen LogP contribution in [-0.4, -0.2) is 12.1 Å². The van der Waals surface area contributed by atoms with Gasteiger partial charge in [-0.05, 0) is 18.8 Å². The monoisotopic (exact) mass is 168 g/mol. The Morgan fingerprint density at radius 3 is 2.83 bits per heavy atom. The van der Waals surface area contributed by atoms with E-state index in [1.54, 1.807) is 0 Å². The zero-order chi connectivity index (χ0) is 8.72. The molecule has 0 aromatic rings. The molecule has 2 aliphatic rings. The van der Waals surface area contributed by atoms with E-state index in [0.717, 1.165) is 12.3 Å². The Labute approximate surface area is 73.3 Å². The van der Waals surface area contributed by atoms with Crippen molar-refractivity contribution in [2.24, 2.45) is 17.8 Å². The average molecular weight is 168 g/mol. The van der Waals surface area contributed by atoms with Crippen LogP contribution in [0.25, 0.3) is 0 Å². The van der Waals surface area contributed by atoms with Crippen LogP contribution in [0.2, 0.25) is 0 Å². The van der Waals surface area contributed by atoms with Crippen LogP contribution in [-0.2, 0) is 9.53 Å². The van der Waals surface area contributed by atoms with Crippen molar-refractivity contribution < 1.29 is 9.53 Å². The second-order valence-corrected chi connectivity index (χ2v) is 4.35. The Balaban J connectivity index is 2.09. The molecule has 1 saturated carbocycles. The number of fused-ring (bicyclic) bond motifs is 1. The summed E-state index contributed by atoms with van der Waals surface area (Å²) in [4.78, 5) is 11.2. The minimum Gasteiger partial charge on any atom is -0.462 e. The van der Waals surface area contributed by atoms with Gasteiger partial charge in [-0.25, -0.2) is 0 Å². The molecule has 2 fully saturated rings. The minimum absolute atomic E-state index is 0.0269. The fourth-order valence-corrected chi connectivity index (χ4v) is 2.49. The summed E-state index contributed by atoms with van der Waals surface area (Å²) in [6, 6.07) is 0. The fourth-order valence-electron chi connectivity index (χ4n) is 2.49. The molecule has 3 unspecified atom stereocenters. The number of hydrogen-bond donors (Lipinski definition) is 0. The van der Waals surface area contributed by atoms with Crippen molar-refractivity contribution in [1.29, 1.82) is 0 Å². The highest BCUT2D eigenvalue weighted by Crippen LogP contribution is 2.40. The fraction of sp³-hybridized carbons (Fsp3) is 0.900. The zero-order valence-corrected chi connectivity index (χ0v) is 7.75. The molecule has 0 N–H and O–H groups in total. The van der Waals surface area contributed by atoms with E-state index in [9.17, 15) is 4.79 Å². The molecule has 1 saturated heterocycles. The van der Waals surface area contributed by atoms with Crippen LogP contribution in [0.1, 0.15) is 33.1 Å². The van der Waals surface area contributed by atoms with Crippen molar-refractivity contribution in [3.8, 4) is 0 Å². The molecule has 0 bridgehead atoms. The summed E-state index contributed by atoms with van der Waals surface area (Å²) in [6.45, 7) is 4.25. The lowest BCUT2D eigenvalue weighted by Crippen LogP contribution is -2.27. The Kier molecular flexibility index (Phi) is 1.85. The first-order valence-corrected chi connectivity index (χ1v) is 4.89. The van der Waals surface area contributed by atoms with Crippen LogP contribution in [0.3, 0.4) is 0 Å². The Bertz CT molecular complexity index is 200. The Morgan fingerprint density at radius 1 is 1.33 bits per heavy atom. The molecule has 2 heteroatoms. The van der Waals surface area contributed by atoms with Gasteiger partial charge in [0.2, 0.25) is 0 Å². The van der Waals surface area contributed by atoms with Gasteiger partial charge in [0, 0.05) is 5.92 Å². The summed E-state index contributed by atoms with van der Waals surface area (Å²) in [5.74, 6) is 1.44. The Morgan fingerprint density at radius 2 is 2.08 bits per heavy atom. The van der Waals surface area contributed by atoms with Gasteiger partial charge in [-0.15, -0.1) is 0 Å². The van der Waals surface area contributed by atoms with Crippen LogP contribution in [0.4, 0.5) is 0 Å². The maximum absolute atomic E-state index is 11.2. The predicted octanol–water partition coefficient (Wildman–Crippen LogP) is 1.98. The maximum Gasteiger partial charge on any atom is 0.309 e. The molecule has 0 aromatic carbocycles. The smallest absolute Gasteiger partial charge is 0.309 e. The van der Waals surface area contributed by atoms with Crippen molar-refractivity contribution in [3.63, 3.8) is 0 Å².